The Bertz CT molecular complexity index is 635. The van der Waals surface area contributed by atoms with Gasteiger partial charge in [0.2, 0.25) is 0 Å². The van der Waals surface area contributed by atoms with E-state index in [0.717, 1.165) is 34.6 Å². The van der Waals surface area contributed by atoms with Gasteiger partial charge in [-0.05, 0) is 42.3 Å². The molecular formula is C17H17ClO3. The zero-order chi connectivity index (χ0) is 14.8. The number of aliphatic hydroxyl groups is 1. The lowest BCUT2D eigenvalue weighted by atomic mass is 10.1. The molecule has 0 aromatic heterocycles. The minimum Gasteiger partial charge on any atom is -0.493 e. The molecule has 0 saturated heterocycles. The van der Waals surface area contributed by atoms with E-state index in [2.05, 4.69) is 0 Å². The summed E-state index contributed by atoms with van der Waals surface area (Å²) in [5, 5.41) is 10.2. The molecule has 0 bridgehead atoms. The molecule has 21 heavy (non-hydrogen) atoms. The molecule has 0 amide bonds. The third-order valence-electron chi connectivity index (χ3n) is 3.58. The summed E-state index contributed by atoms with van der Waals surface area (Å²) in [6.45, 7) is 2.85. The molecule has 2 aromatic carbocycles. The Kier molecular flexibility index (Phi) is 4.04. The molecule has 1 aliphatic rings. The highest BCUT2D eigenvalue weighted by Gasteiger charge is 2.17. The molecule has 1 aliphatic heterocycles. The smallest absolute Gasteiger partial charge is 0.129 e. The molecule has 3 nitrogen and oxygen atoms in total. The summed E-state index contributed by atoms with van der Waals surface area (Å²) < 4.78 is 11.4. The van der Waals surface area contributed by atoms with E-state index >= 15 is 0 Å². The number of halogens is 1. The Morgan fingerprint density at radius 2 is 2.05 bits per heavy atom. The number of benzene rings is 2. The molecule has 0 fully saturated rings. The van der Waals surface area contributed by atoms with Gasteiger partial charge < -0.3 is 14.6 Å². The summed E-state index contributed by atoms with van der Waals surface area (Å²) in [6.07, 6.45) is 0.426. The predicted octanol–water partition coefficient (Wildman–Crippen LogP) is 3.91. The Morgan fingerprint density at radius 1 is 1.29 bits per heavy atom. The molecule has 1 atom stereocenters. The first kappa shape index (κ1) is 14.2. The van der Waals surface area contributed by atoms with E-state index in [0.29, 0.717) is 18.2 Å². The van der Waals surface area contributed by atoms with Crippen LogP contribution in [0.5, 0.6) is 11.5 Å². The van der Waals surface area contributed by atoms with Gasteiger partial charge in [0, 0.05) is 17.0 Å². The van der Waals surface area contributed by atoms with E-state index in [9.17, 15) is 5.11 Å². The van der Waals surface area contributed by atoms with Crippen molar-refractivity contribution in [2.75, 3.05) is 6.61 Å². The average Bonchev–Trinajstić information content (AvgIpc) is 2.93. The normalized spacial score (nSPS) is 14.4. The molecule has 0 spiro atoms. The van der Waals surface area contributed by atoms with Crippen molar-refractivity contribution >= 4 is 11.6 Å². The van der Waals surface area contributed by atoms with E-state index in [1.165, 1.54) is 0 Å². The molecule has 0 unspecified atom stereocenters. The van der Waals surface area contributed by atoms with Crippen molar-refractivity contribution in [2.24, 2.45) is 0 Å². The number of hydrogen-bond acceptors (Lipinski definition) is 3. The lowest BCUT2D eigenvalue weighted by molar-refractivity contribution is 0.199. The standard InChI is InChI=1S/C17H17ClO3/c1-11(19)12-2-4-16(5-3-12)21-10-14-9-15(18)8-13-6-7-20-17(13)14/h2-5,8-9,11,19H,6-7,10H2,1H3/t11-/m1/s1. The monoisotopic (exact) mass is 304 g/mol. The fourth-order valence-corrected chi connectivity index (χ4v) is 2.72. The van der Waals surface area contributed by atoms with Crippen LogP contribution in [0.1, 0.15) is 29.7 Å². The molecule has 1 heterocycles. The lowest BCUT2D eigenvalue weighted by Crippen LogP contribution is -1.99. The molecule has 1 N–H and O–H groups in total. The molecule has 110 valence electrons. The van der Waals surface area contributed by atoms with E-state index in [4.69, 9.17) is 21.1 Å². The lowest BCUT2D eigenvalue weighted by Gasteiger charge is -2.11. The first-order chi connectivity index (χ1) is 10.1. The summed E-state index contributed by atoms with van der Waals surface area (Å²) in [6, 6.07) is 11.3. The van der Waals surface area contributed by atoms with Crippen molar-refractivity contribution in [2.45, 2.75) is 26.1 Å². The Balaban J connectivity index is 1.73. The van der Waals surface area contributed by atoms with Gasteiger partial charge in [-0.3, -0.25) is 0 Å². The van der Waals surface area contributed by atoms with E-state index in [-0.39, 0.29) is 0 Å². The molecule has 0 saturated carbocycles. The highest BCUT2D eigenvalue weighted by molar-refractivity contribution is 6.30. The van der Waals surface area contributed by atoms with Crippen molar-refractivity contribution < 1.29 is 14.6 Å². The molecule has 0 radical (unpaired) electrons. The Labute approximate surface area is 129 Å². The number of aliphatic hydroxyl groups excluding tert-OH is 1. The van der Waals surface area contributed by atoms with E-state index in [1.54, 1.807) is 6.92 Å². The summed E-state index contributed by atoms with van der Waals surface area (Å²) in [4.78, 5) is 0. The number of hydrogen-bond donors (Lipinski definition) is 1. The second-order valence-electron chi connectivity index (χ2n) is 5.19. The summed E-state index contributed by atoms with van der Waals surface area (Å²) in [7, 11) is 0. The number of ether oxygens (including phenoxy) is 2. The van der Waals surface area contributed by atoms with Crippen LogP contribution in [-0.4, -0.2) is 11.7 Å². The summed E-state index contributed by atoms with van der Waals surface area (Å²) in [5.41, 5.74) is 2.98. The van der Waals surface area contributed by atoms with Crippen LogP contribution in [0, 0.1) is 0 Å². The minimum atomic E-state index is -0.469. The minimum absolute atomic E-state index is 0.414. The van der Waals surface area contributed by atoms with Gasteiger partial charge in [0.15, 0.2) is 0 Å². The fourth-order valence-electron chi connectivity index (χ4n) is 2.46. The van der Waals surface area contributed by atoms with Crippen molar-refractivity contribution in [1.82, 2.24) is 0 Å². The van der Waals surface area contributed by atoms with Gasteiger partial charge in [0.1, 0.15) is 18.1 Å². The van der Waals surface area contributed by atoms with Crippen LogP contribution < -0.4 is 9.47 Å². The van der Waals surface area contributed by atoms with Crippen molar-refractivity contribution in [3.8, 4) is 11.5 Å². The van der Waals surface area contributed by atoms with Crippen LogP contribution in [0.2, 0.25) is 5.02 Å². The molecule has 4 heteroatoms. The maximum atomic E-state index is 9.49. The summed E-state index contributed by atoms with van der Waals surface area (Å²) >= 11 is 6.13. The van der Waals surface area contributed by atoms with Gasteiger partial charge in [-0.1, -0.05) is 23.7 Å². The second kappa shape index (κ2) is 5.96. The van der Waals surface area contributed by atoms with E-state index in [1.807, 2.05) is 36.4 Å². The van der Waals surface area contributed by atoms with Crippen molar-refractivity contribution in [3.63, 3.8) is 0 Å². The zero-order valence-corrected chi connectivity index (χ0v) is 12.6. The summed E-state index contributed by atoms with van der Waals surface area (Å²) in [5.74, 6) is 1.66. The van der Waals surface area contributed by atoms with Crippen LogP contribution in [0.25, 0.3) is 0 Å². The molecule has 0 aliphatic carbocycles. The first-order valence-electron chi connectivity index (χ1n) is 6.98. The maximum absolute atomic E-state index is 9.49. The number of rotatable bonds is 4. The molecule has 2 aromatic rings. The molecular weight excluding hydrogens is 288 g/mol. The SMILES string of the molecule is C[C@@H](O)c1ccc(OCc2cc(Cl)cc3c2OCC3)cc1. The van der Waals surface area contributed by atoms with Crippen LogP contribution in [0.4, 0.5) is 0 Å². The van der Waals surface area contributed by atoms with Gasteiger partial charge in [0.05, 0.1) is 12.7 Å². The first-order valence-corrected chi connectivity index (χ1v) is 7.36. The van der Waals surface area contributed by atoms with Crippen LogP contribution >= 0.6 is 11.6 Å². The largest absolute Gasteiger partial charge is 0.493 e. The second-order valence-corrected chi connectivity index (χ2v) is 5.62. The van der Waals surface area contributed by atoms with Gasteiger partial charge in [-0.25, -0.2) is 0 Å². The fraction of sp³-hybridized carbons (Fsp3) is 0.294. The van der Waals surface area contributed by atoms with Gasteiger partial charge in [-0.15, -0.1) is 0 Å². The molecule has 3 rings (SSSR count). The van der Waals surface area contributed by atoms with Crippen molar-refractivity contribution in [1.29, 1.82) is 0 Å². The van der Waals surface area contributed by atoms with Crippen LogP contribution in [0.15, 0.2) is 36.4 Å². The third kappa shape index (κ3) is 3.14. The quantitative estimate of drug-likeness (QED) is 0.931. The predicted molar refractivity (Wildman–Crippen MR) is 82.1 cm³/mol. The highest BCUT2D eigenvalue weighted by atomic mass is 35.5. The third-order valence-corrected chi connectivity index (χ3v) is 3.80. The van der Waals surface area contributed by atoms with Crippen LogP contribution in [-0.2, 0) is 13.0 Å². The topological polar surface area (TPSA) is 38.7 Å². The van der Waals surface area contributed by atoms with Gasteiger partial charge >= 0.3 is 0 Å². The Morgan fingerprint density at radius 3 is 2.76 bits per heavy atom. The highest BCUT2D eigenvalue weighted by Crippen LogP contribution is 2.33. The van der Waals surface area contributed by atoms with E-state index < -0.39 is 6.10 Å². The zero-order valence-electron chi connectivity index (χ0n) is 11.8. The van der Waals surface area contributed by atoms with Crippen LogP contribution in [0.3, 0.4) is 0 Å². The Hall–Kier alpha value is -1.71. The average molecular weight is 305 g/mol. The van der Waals surface area contributed by atoms with Gasteiger partial charge in [0.25, 0.3) is 0 Å². The number of fused-ring (bicyclic) bond motifs is 1. The van der Waals surface area contributed by atoms with Crippen molar-refractivity contribution in [3.05, 3.63) is 58.1 Å². The maximum Gasteiger partial charge on any atom is 0.129 e. The van der Waals surface area contributed by atoms with Gasteiger partial charge in [-0.2, -0.15) is 0 Å².